The summed E-state index contributed by atoms with van der Waals surface area (Å²) in [4.78, 5) is 2.24. The highest BCUT2D eigenvalue weighted by Gasteiger charge is 2.11. The largest absolute Gasteiger partial charge is 0.305 e. The van der Waals surface area contributed by atoms with Crippen molar-refractivity contribution >= 4 is 21.5 Å². The maximum Gasteiger partial charge on any atom is 0.0239 e. The maximum atomic E-state index is 2.24. The standard InChI is InChI=1S/C18H19N/c1-13-14-8-4-6-10-16(14)18(12-19(2)3)17-11-7-5-9-15(13)17/h4-11H,12H2,1-3H3. The zero-order valence-electron chi connectivity index (χ0n) is 11.8. The number of hydrogen-bond acceptors (Lipinski definition) is 1. The number of fused-ring (bicyclic) bond motifs is 2. The van der Waals surface area contributed by atoms with E-state index in [1.54, 1.807) is 0 Å². The quantitative estimate of drug-likeness (QED) is 0.610. The Balaban J connectivity index is 2.49. The number of benzene rings is 3. The molecule has 0 bridgehead atoms. The van der Waals surface area contributed by atoms with E-state index in [2.05, 4.69) is 74.4 Å². The van der Waals surface area contributed by atoms with Crippen LogP contribution < -0.4 is 0 Å². The predicted octanol–water partition coefficient (Wildman–Crippen LogP) is 4.36. The summed E-state index contributed by atoms with van der Waals surface area (Å²) in [5, 5.41) is 5.51. The van der Waals surface area contributed by atoms with E-state index in [0.29, 0.717) is 0 Å². The van der Waals surface area contributed by atoms with E-state index in [4.69, 9.17) is 0 Å². The molecule has 3 aromatic rings. The van der Waals surface area contributed by atoms with Gasteiger partial charge in [0.25, 0.3) is 0 Å². The minimum Gasteiger partial charge on any atom is -0.305 e. The Morgan fingerprint density at radius 3 is 1.58 bits per heavy atom. The Kier molecular flexibility index (Phi) is 3.00. The van der Waals surface area contributed by atoms with Crippen LogP contribution in [0.4, 0.5) is 0 Å². The van der Waals surface area contributed by atoms with Crippen LogP contribution in [0.1, 0.15) is 11.1 Å². The maximum absolute atomic E-state index is 2.24. The molecule has 0 aromatic heterocycles. The van der Waals surface area contributed by atoms with Crippen LogP contribution in [0.5, 0.6) is 0 Å². The van der Waals surface area contributed by atoms with Crippen LogP contribution in [0, 0.1) is 6.92 Å². The second kappa shape index (κ2) is 4.67. The normalized spacial score (nSPS) is 11.6. The minimum atomic E-state index is 0.974. The van der Waals surface area contributed by atoms with Crippen molar-refractivity contribution in [2.45, 2.75) is 13.5 Å². The molecule has 0 saturated heterocycles. The third kappa shape index (κ3) is 2.00. The highest BCUT2D eigenvalue weighted by atomic mass is 15.0. The Morgan fingerprint density at radius 1 is 0.737 bits per heavy atom. The third-order valence-corrected chi connectivity index (χ3v) is 3.79. The van der Waals surface area contributed by atoms with Crippen LogP contribution in [-0.2, 0) is 6.54 Å². The average molecular weight is 249 g/mol. The van der Waals surface area contributed by atoms with Gasteiger partial charge in [-0.1, -0.05) is 48.5 Å². The summed E-state index contributed by atoms with van der Waals surface area (Å²) in [5.74, 6) is 0. The fourth-order valence-corrected chi connectivity index (χ4v) is 2.92. The minimum absolute atomic E-state index is 0.974. The second-order valence-corrected chi connectivity index (χ2v) is 5.43. The van der Waals surface area contributed by atoms with Gasteiger partial charge in [0.05, 0.1) is 0 Å². The molecular formula is C18H19N. The summed E-state index contributed by atoms with van der Waals surface area (Å²) in [6.45, 7) is 3.20. The first kappa shape index (κ1) is 12.2. The zero-order valence-corrected chi connectivity index (χ0v) is 11.8. The molecule has 0 aliphatic rings. The smallest absolute Gasteiger partial charge is 0.0239 e. The molecular weight excluding hydrogens is 230 g/mol. The van der Waals surface area contributed by atoms with Crippen molar-refractivity contribution in [3.05, 3.63) is 59.7 Å². The van der Waals surface area contributed by atoms with Crippen molar-refractivity contribution in [3.8, 4) is 0 Å². The number of nitrogens with zero attached hydrogens (tertiary/aromatic N) is 1. The molecule has 0 aliphatic carbocycles. The molecule has 3 rings (SSSR count). The molecule has 1 heteroatoms. The molecule has 0 amide bonds. The van der Waals surface area contributed by atoms with E-state index >= 15 is 0 Å². The molecule has 19 heavy (non-hydrogen) atoms. The lowest BCUT2D eigenvalue weighted by atomic mass is 9.92. The second-order valence-electron chi connectivity index (χ2n) is 5.43. The lowest BCUT2D eigenvalue weighted by Crippen LogP contribution is -2.11. The summed E-state index contributed by atoms with van der Waals surface area (Å²) < 4.78 is 0. The van der Waals surface area contributed by atoms with Gasteiger partial charge in [-0.05, 0) is 53.7 Å². The highest BCUT2D eigenvalue weighted by molar-refractivity contribution is 6.05. The predicted molar refractivity (Wildman–Crippen MR) is 83.6 cm³/mol. The van der Waals surface area contributed by atoms with Crippen molar-refractivity contribution < 1.29 is 0 Å². The van der Waals surface area contributed by atoms with Gasteiger partial charge < -0.3 is 4.90 Å². The molecule has 0 atom stereocenters. The van der Waals surface area contributed by atoms with Crippen LogP contribution in [0.3, 0.4) is 0 Å². The average Bonchev–Trinajstić information content (AvgIpc) is 2.43. The van der Waals surface area contributed by atoms with Gasteiger partial charge in [0, 0.05) is 6.54 Å². The third-order valence-electron chi connectivity index (χ3n) is 3.79. The molecule has 0 aliphatic heterocycles. The van der Waals surface area contributed by atoms with E-state index in [0.717, 1.165) is 6.54 Å². The fraction of sp³-hybridized carbons (Fsp3) is 0.222. The van der Waals surface area contributed by atoms with E-state index in [9.17, 15) is 0 Å². The summed E-state index contributed by atoms with van der Waals surface area (Å²) in [6, 6.07) is 17.5. The lowest BCUT2D eigenvalue weighted by molar-refractivity contribution is 0.405. The van der Waals surface area contributed by atoms with Crippen molar-refractivity contribution in [1.82, 2.24) is 4.90 Å². The first-order valence-electron chi connectivity index (χ1n) is 6.72. The first-order valence-corrected chi connectivity index (χ1v) is 6.72. The van der Waals surface area contributed by atoms with Gasteiger partial charge in [-0.15, -0.1) is 0 Å². The fourth-order valence-electron chi connectivity index (χ4n) is 2.92. The Hall–Kier alpha value is -1.86. The zero-order chi connectivity index (χ0) is 13.4. The molecule has 0 radical (unpaired) electrons. The van der Waals surface area contributed by atoms with Crippen molar-refractivity contribution in [2.75, 3.05) is 14.1 Å². The van der Waals surface area contributed by atoms with Crippen LogP contribution in [0.15, 0.2) is 48.5 Å². The Morgan fingerprint density at radius 2 is 1.16 bits per heavy atom. The molecule has 0 unspecified atom stereocenters. The molecule has 96 valence electrons. The highest BCUT2D eigenvalue weighted by Crippen LogP contribution is 2.32. The molecule has 0 N–H and O–H groups in total. The van der Waals surface area contributed by atoms with Gasteiger partial charge in [0.15, 0.2) is 0 Å². The Labute approximate surface area is 114 Å². The van der Waals surface area contributed by atoms with Gasteiger partial charge in [-0.25, -0.2) is 0 Å². The molecule has 1 nitrogen and oxygen atoms in total. The van der Waals surface area contributed by atoms with Crippen molar-refractivity contribution in [1.29, 1.82) is 0 Å². The van der Waals surface area contributed by atoms with Gasteiger partial charge in [-0.3, -0.25) is 0 Å². The van der Waals surface area contributed by atoms with Gasteiger partial charge in [0.1, 0.15) is 0 Å². The SMILES string of the molecule is Cc1c2ccccc2c(CN(C)C)c2ccccc12. The molecule has 0 fully saturated rings. The van der Waals surface area contributed by atoms with Crippen molar-refractivity contribution in [2.24, 2.45) is 0 Å². The number of rotatable bonds is 2. The van der Waals surface area contributed by atoms with Gasteiger partial charge in [0.2, 0.25) is 0 Å². The number of aryl methyl sites for hydroxylation is 1. The Bertz CT molecular complexity index is 684. The molecule has 0 heterocycles. The molecule has 0 spiro atoms. The van der Waals surface area contributed by atoms with Crippen LogP contribution in [0.2, 0.25) is 0 Å². The summed E-state index contributed by atoms with van der Waals surface area (Å²) >= 11 is 0. The van der Waals surface area contributed by atoms with Gasteiger partial charge >= 0.3 is 0 Å². The molecule has 0 saturated carbocycles. The number of hydrogen-bond donors (Lipinski definition) is 0. The lowest BCUT2D eigenvalue weighted by Gasteiger charge is -2.17. The van der Waals surface area contributed by atoms with E-state index in [-0.39, 0.29) is 0 Å². The van der Waals surface area contributed by atoms with E-state index in [1.807, 2.05) is 0 Å². The summed E-state index contributed by atoms with van der Waals surface area (Å²) in [5.41, 5.74) is 2.82. The monoisotopic (exact) mass is 249 g/mol. The van der Waals surface area contributed by atoms with E-state index < -0.39 is 0 Å². The van der Waals surface area contributed by atoms with Gasteiger partial charge in [-0.2, -0.15) is 0 Å². The summed E-state index contributed by atoms with van der Waals surface area (Å²) in [7, 11) is 4.26. The van der Waals surface area contributed by atoms with Crippen LogP contribution in [-0.4, -0.2) is 19.0 Å². The van der Waals surface area contributed by atoms with Crippen LogP contribution in [0.25, 0.3) is 21.5 Å². The topological polar surface area (TPSA) is 3.24 Å². The molecule has 3 aromatic carbocycles. The first-order chi connectivity index (χ1) is 9.18. The van der Waals surface area contributed by atoms with E-state index in [1.165, 1.54) is 32.7 Å². The van der Waals surface area contributed by atoms with Crippen LogP contribution >= 0.6 is 0 Å². The van der Waals surface area contributed by atoms with Crippen molar-refractivity contribution in [3.63, 3.8) is 0 Å². The summed E-state index contributed by atoms with van der Waals surface area (Å²) in [6.07, 6.45) is 0.